The van der Waals surface area contributed by atoms with Crippen LogP contribution in [0.4, 0.5) is 0 Å². The normalized spacial score (nSPS) is 14.9. The summed E-state index contributed by atoms with van der Waals surface area (Å²) in [7, 11) is -2.74. The summed E-state index contributed by atoms with van der Waals surface area (Å²) in [6.07, 6.45) is 21.7. The van der Waals surface area contributed by atoms with Gasteiger partial charge < -0.3 is 5.73 Å². The van der Waals surface area contributed by atoms with Gasteiger partial charge in [-0.3, -0.25) is 4.79 Å². The molecule has 0 unspecified atom stereocenters. The highest BCUT2D eigenvalue weighted by Crippen LogP contribution is 2.29. The van der Waals surface area contributed by atoms with E-state index in [0.717, 1.165) is 51.4 Å². The molecular weight excluding hydrogens is 346 g/mol. The number of sulfone groups is 1. The van der Waals surface area contributed by atoms with Gasteiger partial charge in [-0.05, 0) is 51.4 Å². The van der Waals surface area contributed by atoms with Crippen LogP contribution in [0.1, 0.15) is 103 Å². The third kappa shape index (κ3) is 13.4. The summed E-state index contributed by atoms with van der Waals surface area (Å²) < 4.78 is 23.5. The molecule has 0 aromatic carbocycles. The standard InChI is InChI=1S/C21H39NO3S/c22-21(23)16-14-12-10-8-6-4-2-1-3-5-7-9-11-13-15-19-26(24,25)20-17-18-20/h1-2,20H,3-19H2,(H2,22,23)/b2-1-. The first-order valence-electron chi connectivity index (χ1n) is 10.7. The van der Waals surface area contributed by atoms with Gasteiger partial charge in [-0.2, -0.15) is 0 Å². The molecule has 5 heteroatoms. The maximum atomic E-state index is 11.7. The quantitative estimate of drug-likeness (QED) is 0.264. The van der Waals surface area contributed by atoms with Crippen LogP contribution in [-0.2, 0) is 14.6 Å². The lowest BCUT2D eigenvalue weighted by Gasteiger charge is -2.02. The molecule has 0 spiro atoms. The average molecular weight is 386 g/mol. The molecular formula is C21H39NO3S. The van der Waals surface area contributed by atoms with Crippen molar-refractivity contribution in [3.05, 3.63) is 12.2 Å². The molecule has 4 nitrogen and oxygen atoms in total. The van der Waals surface area contributed by atoms with Crippen molar-refractivity contribution in [3.8, 4) is 0 Å². The van der Waals surface area contributed by atoms with Gasteiger partial charge in [0.1, 0.15) is 0 Å². The Balaban J connectivity index is 1.76. The highest BCUT2D eigenvalue weighted by molar-refractivity contribution is 7.92. The van der Waals surface area contributed by atoms with Crippen molar-refractivity contribution < 1.29 is 13.2 Å². The fourth-order valence-corrected chi connectivity index (χ4v) is 4.99. The molecule has 0 aromatic heterocycles. The summed E-state index contributed by atoms with van der Waals surface area (Å²) in [5, 5.41) is 0.0103. The van der Waals surface area contributed by atoms with Crippen LogP contribution in [0, 0.1) is 0 Å². The first-order valence-corrected chi connectivity index (χ1v) is 12.4. The zero-order valence-corrected chi connectivity index (χ0v) is 17.3. The Bertz CT molecular complexity index is 495. The molecule has 0 bridgehead atoms. The Kier molecular flexibility index (Phi) is 12.7. The van der Waals surface area contributed by atoms with E-state index < -0.39 is 9.84 Å². The van der Waals surface area contributed by atoms with E-state index in [-0.39, 0.29) is 11.2 Å². The summed E-state index contributed by atoms with van der Waals surface area (Å²) in [5.41, 5.74) is 5.11. The molecule has 0 saturated heterocycles. The number of nitrogens with two attached hydrogens (primary N) is 1. The van der Waals surface area contributed by atoms with Crippen LogP contribution >= 0.6 is 0 Å². The molecule has 0 heterocycles. The summed E-state index contributed by atoms with van der Waals surface area (Å²) in [4.78, 5) is 10.6. The van der Waals surface area contributed by atoms with Crippen molar-refractivity contribution >= 4 is 15.7 Å². The zero-order valence-electron chi connectivity index (χ0n) is 16.5. The highest BCUT2D eigenvalue weighted by atomic mass is 32.2. The molecule has 0 aliphatic heterocycles. The fourth-order valence-electron chi connectivity index (χ4n) is 3.19. The van der Waals surface area contributed by atoms with Gasteiger partial charge in [0.05, 0.1) is 11.0 Å². The molecule has 0 aromatic rings. The fraction of sp³-hybridized carbons (Fsp3) is 0.857. The lowest BCUT2D eigenvalue weighted by molar-refractivity contribution is -0.118. The second-order valence-corrected chi connectivity index (χ2v) is 10.1. The molecule has 152 valence electrons. The van der Waals surface area contributed by atoms with Crippen LogP contribution < -0.4 is 5.73 Å². The van der Waals surface area contributed by atoms with E-state index in [0.29, 0.717) is 12.2 Å². The lowest BCUT2D eigenvalue weighted by atomic mass is 10.1. The van der Waals surface area contributed by atoms with Gasteiger partial charge >= 0.3 is 0 Å². The number of amides is 1. The average Bonchev–Trinajstić information content (AvgIpc) is 3.43. The van der Waals surface area contributed by atoms with E-state index in [1.54, 1.807) is 0 Å². The van der Waals surface area contributed by atoms with E-state index in [2.05, 4.69) is 12.2 Å². The molecule has 1 aliphatic carbocycles. The van der Waals surface area contributed by atoms with Crippen molar-refractivity contribution in [2.75, 3.05) is 5.75 Å². The smallest absolute Gasteiger partial charge is 0.217 e. The van der Waals surface area contributed by atoms with E-state index in [9.17, 15) is 13.2 Å². The van der Waals surface area contributed by atoms with Crippen LogP contribution in [0.5, 0.6) is 0 Å². The number of unbranched alkanes of at least 4 members (excludes halogenated alkanes) is 11. The van der Waals surface area contributed by atoms with Gasteiger partial charge in [0, 0.05) is 6.42 Å². The minimum atomic E-state index is -2.74. The number of allylic oxidation sites excluding steroid dienone is 2. The van der Waals surface area contributed by atoms with Crippen molar-refractivity contribution in [2.24, 2.45) is 5.73 Å². The van der Waals surface area contributed by atoms with Crippen molar-refractivity contribution in [1.29, 1.82) is 0 Å². The van der Waals surface area contributed by atoms with Crippen molar-refractivity contribution in [3.63, 3.8) is 0 Å². The molecule has 1 fully saturated rings. The van der Waals surface area contributed by atoms with Crippen LogP contribution in [0.2, 0.25) is 0 Å². The lowest BCUT2D eigenvalue weighted by Crippen LogP contribution is -2.11. The van der Waals surface area contributed by atoms with Gasteiger partial charge in [-0.15, -0.1) is 0 Å². The molecule has 2 N–H and O–H groups in total. The Hall–Kier alpha value is -0.840. The predicted octanol–water partition coefficient (Wildman–Crippen LogP) is 5.07. The van der Waals surface area contributed by atoms with Crippen molar-refractivity contribution in [2.45, 2.75) is 108 Å². The minimum absolute atomic E-state index is 0.0103. The third-order valence-corrected chi connectivity index (χ3v) is 7.39. The van der Waals surface area contributed by atoms with E-state index >= 15 is 0 Å². The van der Waals surface area contributed by atoms with Gasteiger partial charge in [0.25, 0.3) is 0 Å². The number of hydrogen-bond donors (Lipinski definition) is 1. The van der Waals surface area contributed by atoms with E-state index in [1.165, 1.54) is 44.9 Å². The second kappa shape index (κ2) is 14.2. The Morgan fingerprint density at radius 1 is 0.769 bits per heavy atom. The van der Waals surface area contributed by atoms with Crippen LogP contribution in [-0.4, -0.2) is 25.3 Å². The third-order valence-electron chi connectivity index (χ3n) is 5.04. The predicted molar refractivity (Wildman–Crippen MR) is 110 cm³/mol. The van der Waals surface area contributed by atoms with Gasteiger partial charge in [-0.1, -0.05) is 57.1 Å². The van der Waals surface area contributed by atoms with Crippen LogP contribution in [0.25, 0.3) is 0 Å². The zero-order chi connectivity index (χ0) is 19.1. The van der Waals surface area contributed by atoms with Crippen LogP contribution in [0.3, 0.4) is 0 Å². The first-order chi connectivity index (χ1) is 12.5. The minimum Gasteiger partial charge on any atom is -0.370 e. The summed E-state index contributed by atoms with van der Waals surface area (Å²) >= 11 is 0. The molecule has 1 amide bonds. The number of carbonyl (C=O) groups excluding carboxylic acids is 1. The van der Waals surface area contributed by atoms with Gasteiger partial charge in [0.15, 0.2) is 9.84 Å². The molecule has 1 saturated carbocycles. The summed E-state index contributed by atoms with van der Waals surface area (Å²) in [6, 6.07) is 0. The van der Waals surface area contributed by atoms with Crippen LogP contribution in [0.15, 0.2) is 12.2 Å². The number of carbonyl (C=O) groups is 1. The number of rotatable bonds is 18. The monoisotopic (exact) mass is 385 g/mol. The second-order valence-electron chi connectivity index (χ2n) is 7.72. The largest absolute Gasteiger partial charge is 0.370 e. The SMILES string of the molecule is NC(=O)CCCCCCC/C=C\CCCCCCCCS(=O)(=O)C1CC1. The highest BCUT2D eigenvalue weighted by Gasteiger charge is 2.34. The van der Waals surface area contributed by atoms with Crippen molar-refractivity contribution in [1.82, 2.24) is 0 Å². The van der Waals surface area contributed by atoms with Gasteiger partial charge in [0.2, 0.25) is 5.91 Å². The van der Waals surface area contributed by atoms with E-state index in [4.69, 9.17) is 5.73 Å². The molecule has 26 heavy (non-hydrogen) atoms. The first kappa shape index (κ1) is 23.2. The maximum Gasteiger partial charge on any atom is 0.217 e. The number of hydrogen-bond acceptors (Lipinski definition) is 3. The molecule has 0 atom stereocenters. The molecule has 1 rings (SSSR count). The Morgan fingerprint density at radius 3 is 1.73 bits per heavy atom. The maximum absolute atomic E-state index is 11.7. The molecule has 1 aliphatic rings. The summed E-state index contributed by atoms with van der Waals surface area (Å²) in [6.45, 7) is 0. The Labute approximate surface area is 160 Å². The van der Waals surface area contributed by atoms with Gasteiger partial charge in [-0.25, -0.2) is 8.42 Å². The Morgan fingerprint density at radius 2 is 1.23 bits per heavy atom. The molecule has 0 radical (unpaired) electrons. The van der Waals surface area contributed by atoms with E-state index in [1.807, 2.05) is 0 Å². The topological polar surface area (TPSA) is 77.2 Å². The number of primary amides is 1. The summed E-state index contributed by atoms with van der Waals surface area (Å²) in [5.74, 6) is 0.223.